The summed E-state index contributed by atoms with van der Waals surface area (Å²) in [6.45, 7) is 2.81. The molecule has 0 fully saturated rings. The summed E-state index contributed by atoms with van der Waals surface area (Å²) in [5, 5.41) is 20.4. The Morgan fingerprint density at radius 3 is 2.50 bits per heavy atom. The number of aromatic hydroxyl groups is 1. The summed E-state index contributed by atoms with van der Waals surface area (Å²) < 4.78 is 1.87. The van der Waals surface area contributed by atoms with Crippen LogP contribution in [-0.4, -0.2) is 9.67 Å². The first-order valence-electron chi connectivity index (χ1n) is 7.18. The van der Waals surface area contributed by atoms with Gasteiger partial charge in [0, 0.05) is 17.0 Å². The molecular weight excluding hydrogens is 298 g/mol. The van der Waals surface area contributed by atoms with Crippen molar-refractivity contribution in [1.29, 1.82) is 0 Å². The van der Waals surface area contributed by atoms with Gasteiger partial charge in [0.15, 0.2) is 5.69 Å². The van der Waals surface area contributed by atoms with E-state index in [1.54, 1.807) is 24.3 Å². The predicted octanol–water partition coefficient (Wildman–Crippen LogP) is 5.83. The van der Waals surface area contributed by atoms with E-state index < -0.39 is 0 Å². The lowest BCUT2D eigenvalue weighted by Gasteiger charge is -2.03. The van der Waals surface area contributed by atoms with Crippen molar-refractivity contribution in [1.82, 2.24) is 4.57 Å². The number of benzene rings is 2. The third-order valence-corrected chi connectivity index (χ3v) is 3.71. The molecule has 5 heteroatoms. The molecule has 0 amide bonds. The molecule has 0 aliphatic heterocycles. The van der Waals surface area contributed by atoms with Crippen molar-refractivity contribution in [3.05, 3.63) is 53.6 Å². The summed E-state index contributed by atoms with van der Waals surface area (Å²) in [4.78, 5) is 0. The first-order chi connectivity index (χ1) is 10.7. The van der Waals surface area contributed by atoms with E-state index in [4.69, 9.17) is 11.6 Å². The summed E-state index contributed by atoms with van der Waals surface area (Å²) in [7, 11) is 0. The Bertz CT molecular complexity index is 822. The first kappa shape index (κ1) is 14.6. The molecule has 0 aliphatic carbocycles. The Kier molecular flexibility index (Phi) is 4.11. The molecule has 0 unspecified atom stereocenters. The molecule has 3 rings (SSSR count). The van der Waals surface area contributed by atoms with Gasteiger partial charge >= 0.3 is 0 Å². The molecule has 22 heavy (non-hydrogen) atoms. The monoisotopic (exact) mass is 313 g/mol. The maximum absolute atomic E-state index is 10.5. The topological polar surface area (TPSA) is 49.9 Å². The minimum absolute atomic E-state index is 0.153. The van der Waals surface area contributed by atoms with Crippen molar-refractivity contribution >= 4 is 33.9 Å². The second-order valence-electron chi connectivity index (χ2n) is 5.02. The summed E-state index contributed by atoms with van der Waals surface area (Å²) in [6.07, 6.45) is 0.931. The number of hydrogen-bond donors (Lipinski definition) is 1. The average molecular weight is 314 g/mol. The van der Waals surface area contributed by atoms with Gasteiger partial charge in [0.25, 0.3) is 0 Å². The predicted molar refractivity (Wildman–Crippen MR) is 89.5 cm³/mol. The van der Waals surface area contributed by atoms with Gasteiger partial charge in [0.05, 0.1) is 11.2 Å². The number of fused-ring (bicyclic) bond motifs is 1. The largest absolute Gasteiger partial charge is 0.493 e. The number of para-hydroxylation sites is 1. The molecule has 0 aliphatic rings. The quantitative estimate of drug-likeness (QED) is 0.606. The Morgan fingerprint density at radius 2 is 1.77 bits per heavy atom. The van der Waals surface area contributed by atoms with E-state index in [1.165, 1.54) is 0 Å². The standard InChI is InChI=1S/C17H16ClN3O/c1-2-11-21-15-6-4-3-5-14(15)16(17(21)22)20-19-13-9-7-12(18)8-10-13/h3-10,22H,2,11H2,1H3. The van der Waals surface area contributed by atoms with Crippen molar-refractivity contribution in [2.24, 2.45) is 10.2 Å². The van der Waals surface area contributed by atoms with Gasteiger partial charge < -0.3 is 9.67 Å². The number of rotatable bonds is 4. The van der Waals surface area contributed by atoms with E-state index in [0.29, 0.717) is 16.4 Å². The summed E-state index contributed by atoms with van der Waals surface area (Å²) in [6, 6.07) is 14.9. The van der Waals surface area contributed by atoms with Crippen LogP contribution in [0.2, 0.25) is 5.02 Å². The molecule has 0 radical (unpaired) electrons. The second kappa shape index (κ2) is 6.20. The van der Waals surface area contributed by atoms with E-state index in [2.05, 4.69) is 17.2 Å². The molecule has 0 saturated heterocycles. The van der Waals surface area contributed by atoms with Crippen LogP contribution < -0.4 is 0 Å². The zero-order chi connectivity index (χ0) is 15.5. The van der Waals surface area contributed by atoms with Crippen molar-refractivity contribution in [3.63, 3.8) is 0 Å². The van der Waals surface area contributed by atoms with Crippen LogP contribution in [0.25, 0.3) is 10.9 Å². The maximum atomic E-state index is 10.5. The fraction of sp³-hybridized carbons (Fsp3) is 0.176. The zero-order valence-corrected chi connectivity index (χ0v) is 13.0. The first-order valence-corrected chi connectivity index (χ1v) is 7.56. The lowest BCUT2D eigenvalue weighted by atomic mass is 10.2. The molecule has 112 valence electrons. The van der Waals surface area contributed by atoms with Crippen LogP contribution in [0.15, 0.2) is 58.8 Å². The Morgan fingerprint density at radius 1 is 1.05 bits per heavy atom. The molecule has 1 N–H and O–H groups in total. The van der Waals surface area contributed by atoms with E-state index in [-0.39, 0.29) is 5.88 Å². The minimum atomic E-state index is 0.153. The molecule has 1 aromatic heterocycles. The Labute approximate surface area is 133 Å². The second-order valence-corrected chi connectivity index (χ2v) is 5.45. The van der Waals surface area contributed by atoms with Gasteiger partial charge in [-0.05, 0) is 36.8 Å². The van der Waals surface area contributed by atoms with Crippen LogP contribution in [0.3, 0.4) is 0 Å². The van der Waals surface area contributed by atoms with Crippen LogP contribution in [0.5, 0.6) is 5.88 Å². The number of aryl methyl sites for hydroxylation is 1. The maximum Gasteiger partial charge on any atom is 0.220 e. The number of halogens is 1. The summed E-state index contributed by atoms with van der Waals surface area (Å²) >= 11 is 5.85. The smallest absolute Gasteiger partial charge is 0.220 e. The molecular formula is C17H16ClN3O. The van der Waals surface area contributed by atoms with Gasteiger partial charge in [-0.15, -0.1) is 5.11 Å². The fourth-order valence-electron chi connectivity index (χ4n) is 2.44. The van der Waals surface area contributed by atoms with Gasteiger partial charge in [-0.1, -0.05) is 36.7 Å². The number of aromatic nitrogens is 1. The highest BCUT2D eigenvalue weighted by molar-refractivity contribution is 6.30. The van der Waals surface area contributed by atoms with Gasteiger partial charge in [-0.3, -0.25) is 0 Å². The number of nitrogens with zero attached hydrogens (tertiary/aromatic N) is 3. The molecule has 2 aromatic carbocycles. The van der Waals surface area contributed by atoms with Crippen LogP contribution in [0.4, 0.5) is 11.4 Å². The molecule has 0 atom stereocenters. The number of azo groups is 1. The van der Waals surface area contributed by atoms with Crippen LogP contribution in [0.1, 0.15) is 13.3 Å². The highest BCUT2D eigenvalue weighted by Crippen LogP contribution is 2.39. The number of hydrogen-bond acceptors (Lipinski definition) is 3. The van der Waals surface area contributed by atoms with E-state index in [0.717, 1.165) is 23.9 Å². The third-order valence-electron chi connectivity index (χ3n) is 3.46. The van der Waals surface area contributed by atoms with E-state index in [1.807, 2.05) is 28.8 Å². The lowest BCUT2D eigenvalue weighted by molar-refractivity contribution is 0.421. The minimum Gasteiger partial charge on any atom is -0.493 e. The highest BCUT2D eigenvalue weighted by atomic mass is 35.5. The summed E-state index contributed by atoms with van der Waals surface area (Å²) in [5.74, 6) is 0.153. The van der Waals surface area contributed by atoms with E-state index >= 15 is 0 Å². The SMILES string of the molecule is CCCn1c(O)c(N=Nc2ccc(Cl)cc2)c2ccccc21. The third kappa shape index (κ3) is 2.70. The zero-order valence-electron chi connectivity index (χ0n) is 12.2. The Hall–Kier alpha value is -2.33. The van der Waals surface area contributed by atoms with E-state index in [9.17, 15) is 5.11 Å². The molecule has 0 bridgehead atoms. The van der Waals surface area contributed by atoms with Crippen LogP contribution in [0, 0.1) is 0 Å². The molecule has 0 saturated carbocycles. The molecule has 3 aromatic rings. The molecule has 1 heterocycles. The van der Waals surface area contributed by atoms with Gasteiger partial charge in [-0.25, -0.2) is 0 Å². The molecule has 0 spiro atoms. The van der Waals surface area contributed by atoms with Gasteiger partial charge in [0.1, 0.15) is 0 Å². The van der Waals surface area contributed by atoms with Crippen molar-refractivity contribution < 1.29 is 5.11 Å². The van der Waals surface area contributed by atoms with Crippen molar-refractivity contribution in [2.45, 2.75) is 19.9 Å². The Balaban J connectivity index is 2.06. The van der Waals surface area contributed by atoms with Crippen molar-refractivity contribution in [2.75, 3.05) is 0 Å². The normalized spacial score (nSPS) is 11.5. The highest BCUT2D eigenvalue weighted by Gasteiger charge is 2.15. The molecule has 4 nitrogen and oxygen atoms in total. The fourth-order valence-corrected chi connectivity index (χ4v) is 2.56. The lowest BCUT2D eigenvalue weighted by Crippen LogP contribution is -1.94. The van der Waals surface area contributed by atoms with Gasteiger partial charge in [0.2, 0.25) is 5.88 Å². The van der Waals surface area contributed by atoms with Crippen molar-refractivity contribution in [3.8, 4) is 5.88 Å². The van der Waals surface area contributed by atoms with Crippen LogP contribution in [-0.2, 0) is 6.54 Å². The van der Waals surface area contributed by atoms with Gasteiger partial charge in [-0.2, -0.15) is 5.11 Å². The summed E-state index contributed by atoms with van der Waals surface area (Å²) in [5.41, 5.74) is 2.15. The van der Waals surface area contributed by atoms with Crippen LogP contribution >= 0.6 is 11.6 Å². The average Bonchev–Trinajstić information content (AvgIpc) is 2.80.